The summed E-state index contributed by atoms with van der Waals surface area (Å²) in [4.78, 5) is 17.1. The lowest BCUT2D eigenvalue weighted by atomic mass is 10.2. The zero-order valence-corrected chi connectivity index (χ0v) is 6.87. The Morgan fingerprint density at radius 3 is 3.00 bits per heavy atom. The number of nitrogens with zero attached hydrogens (tertiary/aromatic N) is 1. The van der Waals surface area contributed by atoms with Crippen molar-refractivity contribution in [3.8, 4) is 0 Å². The van der Waals surface area contributed by atoms with Gasteiger partial charge in [-0.05, 0) is 19.7 Å². The molecule has 1 heterocycles. The second kappa shape index (κ2) is 3.67. The Morgan fingerprint density at radius 2 is 2.42 bits per heavy atom. The molecule has 3 heteroatoms. The number of hydrogen-bond donors (Lipinski definition) is 1. The monoisotopic (exact) mass is 164 g/mol. The third-order valence-electron chi connectivity index (χ3n) is 1.43. The van der Waals surface area contributed by atoms with Gasteiger partial charge in [-0.2, -0.15) is 0 Å². The van der Waals surface area contributed by atoms with Crippen LogP contribution in [0.2, 0.25) is 0 Å². The zero-order chi connectivity index (χ0) is 8.97. The molecule has 0 atom stereocenters. The summed E-state index contributed by atoms with van der Waals surface area (Å²) in [5, 5.41) is 0. The van der Waals surface area contributed by atoms with Gasteiger partial charge < -0.3 is 4.98 Å². The van der Waals surface area contributed by atoms with Gasteiger partial charge in [0, 0.05) is 13.1 Å². The van der Waals surface area contributed by atoms with Crippen LogP contribution in [0.5, 0.6) is 0 Å². The van der Waals surface area contributed by atoms with E-state index < -0.39 is 0 Å². The average Bonchev–Trinajstić information content (AvgIpc) is 2.08. The molecule has 0 saturated carbocycles. The smallest absolute Gasteiger partial charge is 0.249 e. The molecule has 1 rings (SSSR count). The van der Waals surface area contributed by atoms with Crippen molar-refractivity contribution in [2.75, 3.05) is 0 Å². The number of rotatable bonds is 2. The van der Waals surface area contributed by atoms with E-state index in [0.29, 0.717) is 5.82 Å². The standard InChI is InChI=1S/C9H10N2O.H2/c1-3-4-7-5-6-8(12)11-9(7)10-2;/h3-6H,2H2,1H3,(H,11,12);1H/b4-3-;. The van der Waals surface area contributed by atoms with E-state index in [1.165, 1.54) is 6.07 Å². The Bertz CT molecular complexity index is 368. The van der Waals surface area contributed by atoms with Crippen LogP contribution in [0.4, 0.5) is 5.82 Å². The van der Waals surface area contributed by atoms with Gasteiger partial charge in [0.1, 0.15) is 5.82 Å². The van der Waals surface area contributed by atoms with Gasteiger partial charge in [-0.3, -0.25) is 4.79 Å². The molecule has 0 amide bonds. The van der Waals surface area contributed by atoms with Crippen molar-refractivity contribution in [3.05, 3.63) is 34.1 Å². The van der Waals surface area contributed by atoms with Crippen LogP contribution in [-0.2, 0) is 0 Å². The molecular formula is C9H12N2O. The summed E-state index contributed by atoms with van der Waals surface area (Å²) in [6.45, 7) is 5.26. The number of nitrogens with one attached hydrogen (secondary N) is 1. The van der Waals surface area contributed by atoms with Crippen molar-refractivity contribution in [2.24, 2.45) is 4.99 Å². The number of hydrogen-bond acceptors (Lipinski definition) is 2. The Hall–Kier alpha value is -1.64. The summed E-state index contributed by atoms with van der Waals surface area (Å²) >= 11 is 0. The molecule has 0 radical (unpaired) electrons. The molecule has 3 nitrogen and oxygen atoms in total. The Morgan fingerprint density at radius 1 is 1.67 bits per heavy atom. The van der Waals surface area contributed by atoms with Crippen molar-refractivity contribution in [1.82, 2.24) is 4.98 Å². The minimum Gasteiger partial charge on any atom is -0.307 e. The highest BCUT2D eigenvalue weighted by Gasteiger charge is 1.95. The van der Waals surface area contributed by atoms with Crippen LogP contribution in [0.3, 0.4) is 0 Å². The number of aromatic nitrogens is 1. The third-order valence-corrected chi connectivity index (χ3v) is 1.43. The minimum absolute atomic E-state index is 0. The van der Waals surface area contributed by atoms with Gasteiger partial charge in [0.15, 0.2) is 0 Å². The van der Waals surface area contributed by atoms with Crippen molar-refractivity contribution >= 4 is 18.6 Å². The van der Waals surface area contributed by atoms with Crippen LogP contribution in [0, 0.1) is 0 Å². The molecular weight excluding hydrogens is 152 g/mol. The van der Waals surface area contributed by atoms with E-state index in [2.05, 4.69) is 16.7 Å². The van der Waals surface area contributed by atoms with E-state index >= 15 is 0 Å². The molecule has 64 valence electrons. The zero-order valence-electron chi connectivity index (χ0n) is 6.87. The molecule has 0 unspecified atom stereocenters. The lowest BCUT2D eigenvalue weighted by molar-refractivity contribution is 1.20. The molecule has 0 fully saturated rings. The number of H-pyrrole nitrogens is 1. The van der Waals surface area contributed by atoms with Gasteiger partial charge in [0.05, 0.1) is 0 Å². The molecule has 1 N–H and O–H groups in total. The first kappa shape index (κ1) is 8.46. The van der Waals surface area contributed by atoms with Crippen molar-refractivity contribution < 1.29 is 1.43 Å². The molecule has 0 aliphatic heterocycles. The molecule has 12 heavy (non-hydrogen) atoms. The lowest BCUT2D eigenvalue weighted by Crippen LogP contribution is -2.02. The topological polar surface area (TPSA) is 45.2 Å². The highest BCUT2D eigenvalue weighted by atomic mass is 16.1. The predicted octanol–water partition coefficient (Wildman–Crippen LogP) is 1.99. The maximum absolute atomic E-state index is 10.8. The molecule has 0 aromatic carbocycles. The predicted molar refractivity (Wildman–Crippen MR) is 53.1 cm³/mol. The van der Waals surface area contributed by atoms with E-state index in [9.17, 15) is 4.79 Å². The normalized spacial score (nSPS) is 10.4. The third kappa shape index (κ3) is 1.69. The first-order valence-electron chi connectivity index (χ1n) is 3.60. The van der Waals surface area contributed by atoms with Crippen LogP contribution in [-0.4, -0.2) is 11.7 Å². The fourth-order valence-electron chi connectivity index (χ4n) is 0.920. The van der Waals surface area contributed by atoms with E-state index in [1.807, 2.05) is 19.1 Å². The largest absolute Gasteiger partial charge is 0.307 e. The first-order chi connectivity index (χ1) is 5.77. The maximum atomic E-state index is 10.8. The number of aromatic amines is 1. The second-order valence-electron chi connectivity index (χ2n) is 2.28. The van der Waals surface area contributed by atoms with Crippen LogP contribution in [0.15, 0.2) is 28.0 Å². The molecule has 0 saturated heterocycles. The van der Waals surface area contributed by atoms with Crippen molar-refractivity contribution in [1.29, 1.82) is 0 Å². The van der Waals surface area contributed by atoms with Crippen LogP contribution in [0.25, 0.3) is 6.08 Å². The van der Waals surface area contributed by atoms with Gasteiger partial charge in [-0.15, -0.1) is 0 Å². The first-order valence-corrected chi connectivity index (χ1v) is 3.60. The summed E-state index contributed by atoms with van der Waals surface area (Å²) in [5.74, 6) is 0.514. The van der Waals surface area contributed by atoms with Gasteiger partial charge in [-0.1, -0.05) is 12.2 Å². The van der Waals surface area contributed by atoms with E-state index in [0.717, 1.165) is 5.56 Å². The summed E-state index contributed by atoms with van der Waals surface area (Å²) in [6, 6.07) is 3.17. The van der Waals surface area contributed by atoms with E-state index in [1.54, 1.807) is 6.07 Å². The highest BCUT2D eigenvalue weighted by Crippen LogP contribution is 2.13. The maximum Gasteiger partial charge on any atom is 0.249 e. The van der Waals surface area contributed by atoms with Gasteiger partial charge >= 0.3 is 0 Å². The quantitative estimate of drug-likeness (QED) is 0.667. The molecule has 0 aliphatic carbocycles. The van der Waals surface area contributed by atoms with E-state index in [4.69, 9.17) is 0 Å². The molecule has 0 bridgehead atoms. The number of allylic oxidation sites excluding steroid dienone is 1. The van der Waals surface area contributed by atoms with Crippen LogP contribution in [0.1, 0.15) is 13.9 Å². The van der Waals surface area contributed by atoms with Crippen molar-refractivity contribution in [2.45, 2.75) is 6.92 Å². The molecule has 1 aromatic heterocycles. The van der Waals surface area contributed by atoms with Gasteiger partial charge in [0.25, 0.3) is 0 Å². The summed E-state index contributed by atoms with van der Waals surface area (Å²) < 4.78 is 0. The molecule has 0 aliphatic rings. The van der Waals surface area contributed by atoms with Gasteiger partial charge in [-0.25, -0.2) is 4.99 Å². The van der Waals surface area contributed by atoms with Crippen molar-refractivity contribution in [3.63, 3.8) is 0 Å². The fraction of sp³-hybridized carbons (Fsp3) is 0.111. The minimum atomic E-state index is -0.161. The number of aliphatic imine (C=N–C) groups is 1. The molecule has 1 aromatic rings. The number of pyridine rings is 1. The van der Waals surface area contributed by atoms with Crippen LogP contribution < -0.4 is 5.56 Å². The Balaban J connectivity index is 0.00000144. The van der Waals surface area contributed by atoms with Crippen LogP contribution >= 0.6 is 0 Å². The molecule has 0 spiro atoms. The second-order valence-corrected chi connectivity index (χ2v) is 2.28. The average molecular weight is 164 g/mol. The van der Waals surface area contributed by atoms with E-state index in [-0.39, 0.29) is 6.99 Å². The SMILES string of the molecule is C=Nc1[nH]c(=O)ccc1/C=C\C.[HH]. The summed E-state index contributed by atoms with van der Waals surface area (Å²) in [5.41, 5.74) is 0.706. The Labute approximate surface area is 72.0 Å². The summed E-state index contributed by atoms with van der Waals surface area (Å²) in [7, 11) is 0. The lowest BCUT2D eigenvalue weighted by Gasteiger charge is -1.96. The highest BCUT2D eigenvalue weighted by molar-refractivity contribution is 5.61. The van der Waals surface area contributed by atoms with Gasteiger partial charge in [0.2, 0.25) is 5.56 Å². The summed E-state index contributed by atoms with van der Waals surface area (Å²) in [6.07, 6.45) is 3.74. The Kier molecular flexibility index (Phi) is 2.58. The fourth-order valence-corrected chi connectivity index (χ4v) is 0.920.